The van der Waals surface area contributed by atoms with Crippen LogP contribution in [0.25, 0.3) is 0 Å². The Hall–Kier alpha value is -1.47. The third kappa shape index (κ3) is 5.73. The Morgan fingerprint density at radius 3 is 2.55 bits per heavy atom. The Morgan fingerprint density at radius 1 is 1.36 bits per heavy atom. The summed E-state index contributed by atoms with van der Waals surface area (Å²) in [5.41, 5.74) is 0.518. The first-order valence-corrected chi connectivity index (χ1v) is 9.07. The van der Waals surface area contributed by atoms with Gasteiger partial charge in [0, 0.05) is 12.6 Å². The standard InChI is InChI=1S/C15H23FN2O3S/c1-4-12(2)18(22(3,20)21)11-15(19)17-10-9-13-7-5-6-8-14(13)16/h5-8,12H,4,9-11H2,1-3H3,(H,17,19). The van der Waals surface area contributed by atoms with Crippen LogP contribution in [-0.2, 0) is 21.2 Å². The molecule has 0 aliphatic heterocycles. The molecule has 7 heteroatoms. The van der Waals surface area contributed by atoms with Crippen LogP contribution in [0.1, 0.15) is 25.8 Å². The summed E-state index contributed by atoms with van der Waals surface area (Å²) in [4.78, 5) is 11.9. The van der Waals surface area contributed by atoms with Gasteiger partial charge < -0.3 is 5.32 Å². The summed E-state index contributed by atoms with van der Waals surface area (Å²) < 4.78 is 38.0. The quantitative estimate of drug-likeness (QED) is 0.786. The molecule has 0 saturated heterocycles. The summed E-state index contributed by atoms with van der Waals surface area (Å²) in [6, 6.07) is 6.11. The molecule has 0 bridgehead atoms. The van der Waals surface area contributed by atoms with Gasteiger partial charge in [-0.15, -0.1) is 0 Å². The molecule has 0 saturated carbocycles. The average molecular weight is 330 g/mol. The predicted molar refractivity (Wildman–Crippen MR) is 84.4 cm³/mol. The van der Waals surface area contributed by atoms with Crippen molar-refractivity contribution in [1.29, 1.82) is 0 Å². The van der Waals surface area contributed by atoms with Crippen molar-refractivity contribution in [2.24, 2.45) is 0 Å². The number of hydrogen-bond donors (Lipinski definition) is 1. The monoisotopic (exact) mass is 330 g/mol. The van der Waals surface area contributed by atoms with E-state index < -0.39 is 10.0 Å². The lowest BCUT2D eigenvalue weighted by atomic mass is 10.1. The molecule has 1 aromatic rings. The zero-order valence-electron chi connectivity index (χ0n) is 13.2. The fourth-order valence-electron chi connectivity index (χ4n) is 2.04. The Labute approximate surface area is 131 Å². The maximum Gasteiger partial charge on any atom is 0.235 e. The van der Waals surface area contributed by atoms with Gasteiger partial charge in [-0.2, -0.15) is 4.31 Å². The minimum absolute atomic E-state index is 0.217. The Balaban J connectivity index is 2.53. The summed E-state index contributed by atoms with van der Waals surface area (Å²) in [5, 5.41) is 2.63. The molecule has 0 aromatic heterocycles. The van der Waals surface area contributed by atoms with Crippen LogP contribution in [0.5, 0.6) is 0 Å². The molecule has 0 aliphatic carbocycles. The summed E-state index contributed by atoms with van der Waals surface area (Å²) >= 11 is 0. The lowest BCUT2D eigenvalue weighted by molar-refractivity contribution is -0.121. The van der Waals surface area contributed by atoms with Gasteiger partial charge in [-0.25, -0.2) is 12.8 Å². The number of benzene rings is 1. The number of carbonyl (C=O) groups excluding carboxylic acids is 1. The van der Waals surface area contributed by atoms with E-state index in [4.69, 9.17) is 0 Å². The number of nitrogens with one attached hydrogen (secondary N) is 1. The van der Waals surface area contributed by atoms with E-state index >= 15 is 0 Å². The molecule has 22 heavy (non-hydrogen) atoms. The van der Waals surface area contributed by atoms with E-state index in [0.29, 0.717) is 18.4 Å². The van der Waals surface area contributed by atoms with Crippen LogP contribution < -0.4 is 5.32 Å². The maximum absolute atomic E-state index is 13.4. The second-order valence-electron chi connectivity index (χ2n) is 5.26. The molecular formula is C15H23FN2O3S. The molecule has 1 atom stereocenters. The predicted octanol–water partition coefficient (Wildman–Crippen LogP) is 1.54. The molecule has 124 valence electrons. The van der Waals surface area contributed by atoms with Gasteiger partial charge in [0.2, 0.25) is 15.9 Å². The molecule has 1 unspecified atom stereocenters. The minimum Gasteiger partial charge on any atom is -0.355 e. The van der Waals surface area contributed by atoms with Gasteiger partial charge in [0.15, 0.2) is 0 Å². The molecule has 0 radical (unpaired) electrons. The SMILES string of the molecule is CCC(C)N(CC(=O)NCCc1ccccc1F)S(C)(=O)=O. The molecule has 1 aromatic carbocycles. The maximum atomic E-state index is 13.4. The summed E-state index contributed by atoms with van der Waals surface area (Å²) in [5.74, 6) is -0.698. The third-order valence-electron chi connectivity index (χ3n) is 3.48. The van der Waals surface area contributed by atoms with Crippen molar-refractivity contribution in [3.8, 4) is 0 Å². The van der Waals surface area contributed by atoms with Gasteiger partial charge in [0.25, 0.3) is 0 Å². The van der Waals surface area contributed by atoms with E-state index in [2.05, 4.69) is 5.32 Å². The van der Waals surface area contributed by atoms with Crippen LogP contribution in [0.4, 0.5) is 4.39 Å². The zero-order chi connectivity index (χ0) is 16.8. The highest BCUT2D eigenvalue weighted by molar-refractivity contribution is 7.88. The summed E-state index contributed by atoms with van der Waals surface area (Å²) in [6.45, 7) is 3.66. The normalized spacial score (nSPS) is 13.1. The fourth-order valence-corrected chi connectivity index (χ4v) is 3.19. The topological polar surface area (TPSA) is 66.5 Å². The molecule has 5 nitrogen and oxygen atoms in total. The van der Waals surface area contributed by atoms with E-state index in [-0.39, 0.29) is 30.9 Å². The lowest BCUT2D eigenvalue weighted by Gasteiger charge is -2.25. The van der Waals surface area contributed by atoms with Gasteiger partial charge in [0.05, 0.1) is 12.8 Å². The van der Waals surface area contributed by atoms with Crippen LogP contribution >= 0.6 is 0 Å². The molecular weight excluding hydrogens is 307 g/mol. The van der Waals surface area contributed by atoms with Gasteiger partial charge in [-0.05, 0) is 31.4 Å². The van der Waals surface area contributed by atoms with Crippen molar-refractivity contribution in [3.05, 3.63) is 35.6 Å². The van der Waals surface area contributed by atoms with E-state index in [9.17, 15) is 17.6 Å². The number of nitrogens with zero attached hydrogens (tertiary/aromatic N) is 1. The highest BCUT2D eigenvalue weighted by atomic mass is 32.2. The summed E-state index contributed by atoms with van der Waals surface area (Å²) in [7, 11) is -3.44. The van der Waals surface area contributed by atoms with E-state index in [1.807, 2.05) is 6.92 Å². The van der Waals surface area contributed by atoms with Crippen molar-refractivity contribution in [1.82, 2.24) is 9.62 Å². The van der Waals surface area contributed by atoms with Gasteiger partial charge in [-0.1, -0.05) is 25.1 Å². The Bertz CT molecular complexity index is 605. The van der Waals surface area contributed by atoms with Crippen molar-refractivity contribution < 1.29 is 17.6 Å². The number of carbonyl (C=O) groups is 1. The van der Waals surface area contributed by atoms with Crippen LogP contribution in [0.15, 0.2) is 24.3 Å². The van der Waals surface area contributed by atoms with Crippen molar-refractivity contribution in [3.63, 3.8) is 0 Å². The van der Waals surface area contributed by atoms with Crippen LogP contribution in [0.3, 0.4) is 0 Å². The smallest absolute Gasteiger partial charge is 0.235 e. The first-order chi connectivity index (χ1) is 10.3. The van der Waals surface area contributed by atoms with Crippen molar-refractivity contribution in [2.75, 3.05) is 19.3 Å². The Morgan fingerprint density at radius 2 is 2.00 bits per heavy atom. The second kappa shape index (κ2) is 8.24. The number of halogens is 1. The third-order valence-corrected chi connectivity index (χ3v) is 4.82. The Kier molecular flexibility index (Phi) is 6.96. The van der Waals surface area contributed by atoms with E-state index in [0.717, 1.165) is 6.26 Å². The average Bonchev–Trinajstić information content (AvgIpc) is 2.45. The molecule has 0 aliphatic rings. The van der Waals surface area contributed by atoms with Crippen LogP contribution in [-0.4, -0.2) is 44.0 Å². The highest BCUT2D eigenvalue weighted by Crippen LogP contribution is 2.09. The van der Waals surface area contributed by atoms with E-state index in [1.165, 1.54) is 10.4 Å². The number of sulfonamides is 1. The van der Waals surface area contributed by atoms with Crippen molar-refractivity contribution in [2.45, 2.75) is 32.7 Å². The first-order valence-electron chi connectivity index (χ1n) is 7.22. The first kappa shape index (κ1) is 18.6. The molecule has 0 spiro atoms. The number of hydrogen-bond acceptors (Lipinski definition) is 3. The number of amides is 1. The molecule has 1 amide bonds. The van der Waals surface area contributed by atoms with Gasteiger partial charge in [0.1, 0.15) is 5.82 Å². The summed E-state index contributed by atoms with van der Waals surface area (Å²) in [6.07, 6.45) is 2.07. The van der Waals surface area contributed by atoms with Crippen molar-refractivity contribution >= 4 is 15.9 Å². The minimum atomic E-state index is -3.44. The largest absolute Gasteiger partial charge is 0.355 e. The van der Waals surface area contributed by atoms with Gasteiger partial charge in [-0.3, -0.25) is 4.79 Å². The lowest BCUT2D eigenvalue weighted by Crippen LogP contribution is -2.45. The molecule has 1 rings (SSSR count). The van der Waals surface area contributed by atoms with Crippen LogP contribution in [0, 0.1) is 5.82 Å². The molecule has 0 fully saturated rings. The highest BCUT2D eigenvalue weighted by Gasteiger charge is 2.24. The number of rotatable bonds is 8. The second-order valence-corrected chi connectivity index (χ2v) is 7.19. The molecule has 1 N–H and O–H groups in total. The molecule has 0 heterocycles. The zero-order valence-corrected chi connectivity index (χ0v) is 14.0. The van der Waals surface area contributed by atoms with E-state index in [1.54, 1.807) is 25.1 Å². The van der Waals surface area contributed by atoms with Gasteiger partial charge >= 0.3 is 0 Å². The van der Waals surface area contributed by atoms with Crippen LogP contribution in [0.2, 0.25) is 0 Å². The fraction of sp³-hybridized carbons (Fsp3) is 0.533.